The minimum Gasteiger partial charge on any atom is -0.479 e. The molecule has 0 heterocycles. The zero-order valence-corrected chi connectivity index (χ0v) is 8.32. The van der Waals surface area contributed by atoms with E-state index in [-0.39, 0.29) is 13.0 Å². The van der Waals surface area contributed by atoms with Gasteiger partial charge in [-0.3, -0.25) is 0 Å². The van der Waals surface area contributed by atoms with Gasteiger partial charge in [0.05, 0.1) is 0 Å². The summed E-state index contributed by atoms with van der Waals surface area (Å²) in [5.41, 5.74) is 5.18. The Morgan fingerprint density at radius 3 is 2.75 bits per heavy atom. The number of carboxylic acid groups (broad SMARTS) is 1. The van der Waals surface area contributed by atoms with Crippen molar-refractivity contribution < 1.29 is 23.4 Å². The van der Waals surface area contributed by atoms with E-state index in [0.29, 0.717) is 0 Å². The molecular weight excluding hydrogens is 220 g/mol. The molecular formula is C10H11F2NO3. The van der Waals surface area contributed by atoms with E-state index in [2.05, 4.69) is 0 Å². The smallest absolute Gasteiger partial charge is 0.344 e. The number of carboxylic acids is 1. The van der Waals surface area contributed by atoms with Crippen LogP contribution in [0, 0.1) is 11.6 Å². The molecule has 1 aromatic carbocycles. The van der Waals surface area contributed by atoms with Crippen LogP contribution in [0.4, 0.5) is 8.78 Å². The van der Waals surface area contributed by atoms with Gasteiger partial charge in [0.25, 0.3) is 0 Å². The number of aliphatic carboxylic acids is 1. The number of hydrogen-bond acceptors (Lipinski definition) is 3. The Morgan fingerprint density at radius 1 is 1.50 bits per heavy atom. The summed E-state index contributed by atoms with van der Waals surface area (Å²) < 4.78 is 30.8. The molecule has 0 aromatic heterocycles. The molecule has 0 spiro atoms. The van der Waals surface area contributed by atoms with Crippen molar-refractivity contribution >= 4 is 5.97 Å². The highest BCUT2D eigenvalue weighted by Crippen LogP contribution is 2.21. The van der Waals surface area contributed by atoms with Crippen molar-refractivity contribution in [1.29, 1.82) is 0 Å². The number of nitrogens with two attached hydrogens (primary N) is 1. The van der Waals surface area contributed by atoms with E-state index < -0.39 is 29.5 Å². The van der Waals surface area contributed by atoms with E-state index in [0.717, 1.165) is 12.1 Å². The van der Waals surface area contributed by atoms with E-state index in [1.165, 1.54) is 6.07 Å². The maximum absolute atomic E-state index is 13.1. The van der Waals surface area contributed by atoms with Gasteiger partial charge in [-0.05, 0) is 18.7 Å². The van der Waals surface area contributed by atoms with Gasteiger partial charge in [-0.1, -0.05) is 6.07 Å². The Labute approximate surface area is 90.6 Å². The molecule has 1 aromatic rings. The second-order valence-corrected chi connectivity index (χ2v) is 3.07. The first kappa shape index (κ1) is 12.4. The third-order valence-electron chi connectivity index (χ3n) is 1.89. The maximum atomic E-state index is 13.1. The normalized spacial score (nSPS) is 12.2. The lowest BCUT2D eigenvalue weighted by atomic mass is 10.2. The van der Waals surface area contributed by atoms with Crippen molar-refractivity contribution in [2.75, 3.05) is 6.54 Å². The zero-order chi connectivity index (χ0) is 12.1. The van der Waals surface area contributed by atoms with Gasteiger partial charge >= 0.3 is 5.97 Å². The minimum absolute atomic E-state index is 0.0191. The Hall–Kier alpha value is -1.69. The van der Waals surface area contributed by atoms with Gasteiger partial charge in [0.1, 0.15) is 0 Å². The molecule has 1 unspecified atom stereocenters. The molecule has 6 heteroatoms. The summed E-state index contributed by atoms with van der Waals surface area (Å²) in [7, 11) is 0. The molecule has 4 nitrogen and oxygen atoms in total. The largest absolute Gasteiger partial charge is 0.479 e. The van der Waals surface area contributed by atoms with Crippen LogP contribution in [0.3, 0.4) is 0 Å². The fraction of sp³-hybridized carbons (Fsp3) is 0.300. The highest BCUT2D eigenvalue weighted by molar-refractivity contribution is 5.72. The van der Waals surface area contributed by atoms with Crippen LogP contribution >= 0.6 is 0 Å². The van der Waals surface area contributed by atoms with Crippen molar-refractivity contribution in [3.63, 3.8) is 0 Å². The number of ether oxygens (including phenoxy) is 1. The average Bonchev–Trinajstić information content (AvgIpc) is 2.23. The molecule has 0 radical (unpaired) electrons. The van der Waals surface area contributed by atoms with Crippen molar-refractivity contribution in [2.24, 2.45) is 5.73 Å². The molecule has 0 fully saturated rings. The molecule has 88 valence electrons. The third-order valence-corrected chi connectivity index (χ3v) is 1.89. The minimum atomic E-state index is -1.28. The van der Waals surface area contributed by atoms with Crippen molar-refractivity contribution in [1.82, 2.24) is 0 Å². The van der Waals surface area contributed by atoms with Crippen LogP contribution in [-0.4, -0.2) is 23.7 Å². The van der Waals surface area contributed by atoms with Gasteiger partial charge < -0.3 is 15.6 Å². The average molecular weight is 231 g/mol. The van der Waals surface area contributed by atoms with Gasteiger partial charge in [0.15, 0.2) is 17.7 Å². The van der Waals surface area contributed by atoms with E-state index in [4.69, 9.17) is 15.6 Å². The van der Waals surface area contributed by atoms with Gasteiger partial charge in [-0.15, -0.1) is 0 Å². The molecule has 0 saturated heterocycles. The summed E-state index contributed by atoms with van der Waals surface area (Å²) >= 11 is 0. The quantitative estimate of drug-likeness (QED) is 0.797. The van der Waals surface area contributed by atoms with Crippen LogP contribution in [0.1, 0.15) is 6.42 Å². The Balaban J connectivity index is 2.85. The second-order valence-electron chi connectivity index (χ2n) is 3.07. The van der Waals surface area contributed by atoms with Gasteiger partial charge in [-0.25, -0.2) is 9.18 Å². The van der Waals surface area contributed by atoms with Crippen molar-refractivity contribution in [3.8, 4) is 5.75 Å². The summed E-state index contributed by atoms with van der Waals surface area (Å²) in [5.74, 6) is -3.99. The number of rotatable bonds is 5. The van der Waals surface area contributed by atoms with Crippen molar-refractivity contribution in [2.45, 2.75) is 12.5 Å². The van der Waals surface area contributed by atoms with Crippen LogP contribution < -0.4 is 10.5 Å². The van der Waals surface area contributed by atoms with Crippen LogP contribution in [0.25, 0.3) is 0 Å². The lowest BCUT2D eigenvalue weighted by Crippen LogP contribution is -2.30. The predicted molar refractivity (Wildman–Crippen MR) is 52.1 cm³/mol. The summed E-state index contributed by atoms with van der Waals surface area (Å²) in [6.07, 6.45) is -1.26. The molecule has 0 aliphatic rings. The molecule has 3 N–H and O–H groups in total. The number of hydrogen-bond donors (Lipinski definition) is 2. The molecule has 0 saturated carbocycles. The zero-order valence-electron chi connectivity index (χ0n) is 8.32. The summed E-state index contributed by atoms with van der Waals surface area (Å²) in [6.45, 7) is 0.0773. The Kier molecular flexibility index (Phi) is 4.19. The van der Waals surface area contributed by atoms with Gasteiger partial charge in [0.2, 0.25) is 5.82 Å². The second kappa shape index (κ2) is 5.41. The van der Waals surface area contributed by atoms with Gasteiger partial charge in [-0.2, -0.15) is 4.39 Å². The summed E-state index contributed by atoms with van der Waals surface area (Å²) in [6, 6.07) is 3.31. The van der Waals surface area contributed by atoms with Crippen LogP contribution in [-0.2, 0) is 4.79 Å². The SMILES string of the molecule is NCCC(Oc1cccc(F)c1F)C(=O)O. The molecule has 0 aliphatic carbocycles. The third kappa shape index (κ3) is 2.90. The molecule has 1 rings (SSSR count). The highest BCUT2D eigenvalue weighted by Gasteiger charge is 2.20. The first-order chi connectivity index (χ1) is 7.56. The Morgan fingerprint density at radius 2 is 2.19 bits per heavy atom. The van der Waals surface area contributed by atoms with E-state index in [9.17, 15) is 13.6 Å². The van der Waals surface area contributed by atoms with Crippen molar-refractivity contribution in [3.05, 3.63) is 29.8 Å². The molecule has 16 heavy (non-hydrogen) atoms. The van der Waals surface area contributed by atoms with E-state index in [1.807, 2.05) is 0 Å². The first-order valence-corrected chi connectivity index (χ1v) is 4.59. The maximum Gasteiger partial charge on any atom is 0.344 e. The monoisotopic (exact) mass is 231 g/mol. The van der Waals surface area contributed by atoms with Gasteiger partial charge in [0, 0.05) is 6.42 Å². The first-order valence-electron chi connectivity index (χ1n) is 4.59. The summed E-state index contributed by atoms with van der Waals surface area (Å²) in [5, 5.41) is 8.73. The Bertz CT molecular complexity index is 384. The lowest BCUT2D eigenvalue weighted by molar-refractivity contribution is -0.145. The molecule has 1 atom stereocenters. The molecule has 0 aliphatic heterocycles. The topological polar surface area (TPSA) is 72.5 Å². The lowest BCUT2D eigenvalue weighted by Gasteiger charge is -2.14. The van der Waals surface area contributed by atoms with Crippen LogP contribution in [0.5, 0.6) is 5.75 Å². The number of carbonyl (C=O) groups is 1. The van der Waals surface area contributed by atoms with Crippen LogP contribution in [0.15, 0.2) is 18.2 Å². The predicted octanol–water partition coefficient (Wildman–Crippen LogP) is 1.15. The van der Waals surface area contributed by atoms with Crippen LogP contribution in [0.2, 0.25) is 0 Å². The van der Waals surface area contributed by atoms with E-state index in [1.54, 1.807) is 0 Å². The fourth-order valence-electron chi connectivity index (χ4n) is 1.11. The molecule has 0 bridgehead atoms. The highest BCUT2D eigenvalue weighted by atomic mass is 19.2. The fourth-order valence-corrected chi connectivity index (χ4v) is 1.11. The number of benzene rings is 1. The molecule has 0 amide bonds. The van der Waals surface area contributed by atoms with E-state index >= 15 is 0 Å². The summed E-state index contributed by atoms with van der Waals surface area (Å²) in [4.78, 5) is 10.7. The standard InChI is InChI=1S/C10H11F2NO3/c11-6-2-1-3-7(9(6)12)16-8(4-5-13)10(14)15/h1-3,8H,4-5,13H2,(H,14,15). The number of halogens is 2.